The Kier molecular flexibility index (Phi) is 4.26. The molecule has 0 unspecified atom stereocenters. The molecule has 0 aliphatic rings. The average molecular weight is 383 g/mol. The van der Waals surface area contributed by atoms with Crippen molar-refractivity contribution in [3.8, 4) is 0 Å². The summed E-state index contributed by atoms with van der Waals surface area (Å²) in [6.07, 6.45) is 6.74. The largest absolute Gasteiger partial charge is 0.256 e. The Balaban J connectivity index is 1.64. The highest BCUT2D eigenvalue weighted by Crippen LogP contribution is 2.22. The molecule has 0 radical (unpaired) electrons. The average Bonchev–Trinajstić information content (AvgIpc) is 3.06. The summed E-state index contributed by atoms with van der Waals surface area (Å²) in [6.45, 7) is 0. The summed E-state index contributed by atoms with van der Waals surface area (Å²) in [5.41, 5.74) is 2.36. The SMILES string of the molecule is O=S(=O)(CC=Cc1cccc2cccnc12)n1ccc2cc(Cl)ccc21. The predicted octanol–water partition coefficient (Wildman–Crippen LogP) is 4.73. The number of para-hydroxylation sites is 1. The summed E-state index contributed by atoms with van der Waals surface area (Å²) >= 11 is 5.97. The topological polar surface area (TPSA) is 52.0 Å². The van der Waals surface area contributed by atoms with E-state index in [-0.39, 0.29) is 5.75 Å². The lowest BCUT2D eigenvalue weighted by Gasteiger charge is -2.05. The lowest BCUT2D eigenvalue weighted by Crippen LogP contribution is -2.14. The summed E-state index contributed by atoms with van der Waals surface area (Å²) in [5.74, 6) is -0.109. The Morgan fingerprint density at radius 3 is 2.77 bits per heavy atom. The molecule has 6 heteroatoms. The Hall–Kier alpha value is -2.63. The van der Waals surface area contributed by atoms with Crippen LogP contribution in [0.15, 0.2) is 73.1 Å². The summed E-state index contributed by atoms with van der Waals surface area (Å²) < 4.78 is 26.7. The van der Waals surface area contributed by atoms with Crippen molar-refractivity contribution >= 4 is 49.5 Å². The molecule has 0 aliphatic carbocycles. The second-order valence-corrected chi connectivity index (χ2v) is 8.24. The summed E-state index contributed by atoms with van der Waals surface area (Å²) in [5, 5.41) is 2.39. The first kappa shape index (κ1) is 16.8. The Morgan fingerprint density at radius 1 is 1.04 bits per heavy atom. The zero-order valence-electron chi connectivity index (χ0n) is 13.7. The Morgan fingerprint density at radius 2 is 1.88 bits per heavy atom. The van der Waals surface area contributed by atoms with Crippen LogP contribution in [-0.4, -0.2) is 23.1 Å². The second kappa shape index (κ2) is 6.59. The van der Waals surface area contributed by atoms with Crippen LogP contribution in [0, 0.1) is 0 Å². The van der Waals surface area contributed by atoms with Gasteiger partial charge in [0.2, 0.25) is 10.0 Å². The van der Waals surface area contributed by atoms with E-state index in [2.05, 4.69) is 4.98 Å². The van der Waals surface area contributed by atoms with E-state index in [9.17, 15) is 8.42 Å². The van der Waals surface area contributed by atoms with E-state index < -0.39 is 10.0 Å². The molecule has 2 aromatic heterocycles. The van der Waals surface area contributed by atoms with Gasteiger partial charge < -0.3 is 0 Å². The highest BCUT2D eigenvalue weighted by atomic mass is 35.5. The Labute approximate surface area is 156 Å². The molecule has 0 N–H and O–H groups in total. The number of nitrogens with zero attached hydrogens (tertiary/aromatic N) is 2. The number of hydrogen-bond donors (Lipinski definition) is 0. The van der Waals surface area contributed by atoms with Gasteiger partial charge in [-0.25, -0.2) is 12.4 Å². The fourth-order valence-corrected chi connectivity index (χ4v) is 4.36. The highest BCUT2D eigenvalue weighted by Gasteiger charge is 2.14. The number of pyridine rings is 1. The van der Waals surface area contributed by atoms with E-state index in [0.29, 0.717) is 10.5 Å². The molecule has 130 valence electrons. The van der Waals surface area contributed by atoms with Crippen LogP contribution in [0.5, 0.6) is 0 Å². The van der Waals surface area contributed by atoms with Crippen molar-refractivity contribution in [2.45, 2.75) is 0 Å². The van der Waals surface area contributed by atoms with E-state index in [1.165, 1.54) is 3.97 Å². The van der Waals surface area contributed by atoms with Crippen LogP contribution in [0.1, 0.15) is 5.56 Å². The summed E-state index contributed by atoms with van der Waals surface area (Å²) in [4.78, 5) is 4.38. The lowest BCUT2D eigenvalue weighted by atomic mass is 10.1. The highest BCUT2D eigenvalue weighted by molar-refractivity contribution is 7.90. The molecule has 0 aliphatic heterocycles. The van der Waals surface area contributed by atoms with Crippen LogP contribution < -0.4 is 0 Å². The molecule has 0 saturated heterocycles. The molecule has 4 aromatic rings. The van der Waals surface area contributed by atoms with Crippen molar-refractivity contribution in [1.82, 2.24) is 8.96 Å². The van der Waals surface area contributed by atoms with Gasteiger partial charge in [-0.2, -0.15) is 0 Å². The van der Waals surface area contributed by atoms with Crippen LogP contribution in [0.4, 0.5) is 0 Å². The molecule has 0 amide bonds. The van der Waals surface area contributed by atoms with Gasteiger partial charge in [0.25, 0.3) is 0 Å². The van der Waals surface area contributed by atoms with Crippen LogP contribution in [0.3, 0.4) is 0 Å². The van der Waals surface area contributed by atoms with E-state index in [4.69, 9.17) is 11.6 Å². The van der Waals surface area contributed by atoms with Crippen molar-refractivity contribution in [3.63, 3.8) is 0 Å². The minimum atomic E-state index is -3.51. The van der Waals surface area contributed by atoms with Gasteiger partial charge in [0.1, 0.15) is 0 Å². The molecular weight excluding hydrogens is 368 g/mol. The van der Waals surface area contributed by atoms with Gasteiger partial charge in [0.05, 0.1) is 16.8 Å². The molecule has 0 spiro atoms. The molecule has 0 bridgehead atoms. The smallest absolute Gasteiger partial charge is 0.242 e. The molecule has 4 rings (SSSR count). The van der Waals surface area contributed by atoms with Gasteiger partial charge >= 0.3 is 0 Å². The third-order valence-electron chi connectivity index (χ3n) is 4.18. The Bertz CT molecular complexity index is 1240. The van der Waals surface area contributed by atoms with Crippen molar-refractivity contribution in [2.75, 3.05) is 5.75 Å². The zero-order chi connectivity index (χ0) is 18.1. The molecule has 2 aromatic carbocycles. The van der Waals surface area contributed by atoms with Crippen LogP contribution >= 0.6 is 11.6 Å². The van der Waals surface area contributed by atoms with Gasteiger partial charge in [0.15, 0.2) is 0 Å². The maximum absolute atomic E-state index is 12.7. The number of hydrogen-bond acceptors (Lipinski definition) is 3. The zero-order valence-corrected chi connectivity index (χ0v) is 15.3. The van der Waals surface area contributed by atoms with Gasteiger partial charge in [-0.1, -0.05) is 48.0 Å². The molecule has 4 nitrogen and oxygen atoms in total. The van der Waals surface area contributed by atoms with Crippen LogP contribution in [0.2, 0.25) is 5.02 Å². The van der Waals surface area contributed by atoms with Gasteiger partial charge in [-0.15, -0.1) is 0 Å². The maximum atomic E-state index is 12.7. The van der Waals surface area contributed by atoms with E-state index >= 15 is 0 Å². The standard InChI is InChI=1S/C20H15ClN2O2S/c21-18-8-9-19-17(14-18)10-12-23(19)26(24,25)13-3-7-16-5-1-4-15-6-2-11-22-20(15)16/h1-12,14H,13H2. The maximum Gasteiger partial charge on any atom is 0.242 e. The van der Waals surface area contributed by atoms with Gasteiger partial charge in [0, 0.05) is 33.8 Å². The molecule has 2 heterocycles. The van der Waals surface area contributed by atoms with Crippen LogP contribution in [0.25, 0.3) is 27.9 Å². The van der Waals surface area contributed by atoms with Crippen LogP contribution in [-0.2, 0) is 10.0 Å². The minimum Gasteiger partial charge on any atom is -0.256 e. The second-order valence-electron chi connectivity index (χ2n) is 5.92. The van der Waals surface area contributed by atoms with Crippen molar-refractivity contribution in [2.24, 2.45) is 0 Å². The first-order chi connectivity index (χ1) is 12.5. The molecule has 0 fully saturated rings. The minimum absolute atomic E-state index is 0.109. The fourth-order valence-electron chi connectivity index (χ4n) is 2.97. The number of halogens is 1. The van der Waals surface area contributed by atoms with Gasteiger partial charge in [-0.05, 0) is 30.3 Å². The predicted molar refractivity (Wildman–Crippen MR) is 107 cm³/mol. The summed E-state index contributed by atoms with van der Waals surface area (Å²) in [6, 6.07) is 16.6. The number of aromatic nitrogens is 2. The number of fused-ring (bicyclic) bond motifs is 2. The van der Waals surface area contributed by atoms with Gasteiger partial charge in [-0.3, -0.25) is 4.98 Å². The molecule has 0 atom stereocenters. The molecule has 26 heavy (non-hydrogen) atoms. The van der Waals surface area contributed by atoms with E-state index in [1.54, 1.807) is 48.8 Å². The van der Waals surface area contributed by atoms with Crippen molar-refractivity contribution in [1.29, 1.82) is 0 Å². The fraction of sp³-hybridized carbons (Fsp3) is 0.0500. The monoisotopic (exact) mass is 382 g/mol. The van der Waals surface area contributed by atoms with E-state index in [0.717, 1.165) is 21.9 Å². The first-order valence-corrected chi connectivity index (χ1v) is 10.0. The molecular formula is C20H15ClN2O2S. The van der Waals surface area contributed by atoms with Crippen molar-refractivity contribution in [3.05, 3.63) is 83.7 Å². The quantitative estimate of drug-likeness (QED) is 0.512. The molecule has 0 saturated carbocycles. The third kappa shape index (κ3) is 3.11. The summed E-state index contributed by atoms with van der Waals surface area (Å²) in [7, 11) is -3.51. The van der Waals surface area contributed by atoms with Crippen molar-refractivity contribution < 1.29 is 8.42 Å². The third-order valence-corrected chi connectivity index (χ3v) is 5.95. The first-order valence-electron chi connectivity index (χ1n) is 8.05. The number of rotatable bonds is 4. The number of benzene rings is 2. The van der Waals surface area contributed by atoms with E-state index in [1.807, 2.05) is 30.3 Å². The normalized spacial score (nSPS) is 12.3. The lowest BCUT2D eigenvalue weighted by molar-refractivity contribution is 0.592.